The summed E-state index contributed by atoms with van der Waals surface area (Å²) in [6.45, 7) is 4.01. The third kappa shape index (κ3) is 3.30. The highest BCUT2D eigenvalue weighted by molar-refractivity contribution is 6.04. The van der Waals surface area contributed by atoms with E-state index in [0.29, 0.717) is 17.1 Å². The van der Waals surface area contributed by atoms with Crippen LogP contribution in [-0.4, -0.2) is 15.9 Å². The van der Waals surface area contributed by atoms with Crippen molar-refractivity contribution in [2.45, 2.75) is 19.8 Å². The van der Waals surface area contributed by atoms with Crippen molar-refractivity contribution in [2.75, 3.05) is 10.7 Å². The van der Waals surface area contributed by atoms with E-state index in [4.69, 9.17) is 5.84 Å². The van der Waals surface area contributed by atoms with Gasteiger partial charge >= 0.3 is 0 Å². The van der Waals surface area contributed by atoms with Gasteiger partial charge in [-0.2, -0.15) is 0 Å². The fraction of sp³-hybridized carbons (Fsp3) is 0.214. The molecule has 20 heavy (non-hydrogen) atoms. The molecule has 6 nitrogen and oxygen atoms in total. The first kappa shape index (κ1) is 14.0. The Morgan fingerprint density at radius 2 is 2.15 bits per heavy atom. The summed E-state index contributed by atoms with van der Waals surface area (Å²) in [5.41, 5.74) is 4.42. The van der Waals surface area contributed by atoms with Crippen molar-refractivity contribution in [1.29, 1.82) is 0 Å². The molecule has 2 aromatic rings. The minimum absolute atomic E-state index is 0.202. The summed E-state index contributed by atoms with van der Waals surface area (Å²) in [4.78, 5) is 20.5. The van der Waals surface area contributed by atoms with E-state index < -0.39 is 0 Å². The van der Waals surface area contributed by atoms with Crippen molar-refractivity contribution in [2.24, 2.45) is 5.84 Å². The standard InChI is InChI=1S/C14H17N5O/c1-9(2)12-6-10(7-13(18-12)19-15)14(20)17-11-4-3-5-16-8-11/h3-9H,15H2,1-2H3,(H,17,20)(H,18,19). The minimum Gasteiger partial charge on any atom is -0.321 e. The monoisotopic (exact) mass is 271 g/mol. The first-order valence-corrected chi connectivity index (χ1v) is 6.30. The Bertz CT molecular complexity index is 598. The number of nitrogen functional groups attached to an aromatic ring is 1. The number of pyridine rings is 2. The maximum atomic E-state index is 12.2. The summed E-state index contributed by atoms with van der Waals surface area (Å²) in [6, 6.07) is 6.90. The van der Waals surface area contributed by atoms with Crippen LogP contribution in [0.1, 0.15) is 35.8 Å². The Morgan fingerprint density at radius 1 is 1.35 bits per heavy atom. The Labute approximate surface area is 117 Å². The van der Waals surface area contributed by atoms with E-state index in [1.54, 1.807) is 36.7 Å². The number of carbonyl (C=O) groups is 1. The van der Waals surface area contributed by atoms with Gasteiger partial charge in [-0.05, 0) is 30.2 Å². The summed E-state index contributed by atoms with van der Waals surface area (Å²) < 4.78 is 0. The molecule has 0 unspecified atom stereocenters. The SMILES string of the molecule is CC(C)c1cc(C(=O)Nc2cccnc2)cc(NN)n1. The summed E-state index contributed by atoms with van der Waals surface area (Å²) in [5, 5.41) is 2.78. The predicted octanol–water partition coefficient (Wildman–Crippen LogP) is 2.14. The summed E-state index contributed by atoms with van der Waals surface area (Å²) in [7, 11) is 0. The molecule has 2 rings (SSSR count). The molecule has 1 amide bonds. The molecule has 6 heteroatoms. The lowest BCUT2D eigenvalue weighted by atomic mass is 10.1. The van der Waals surface area contributed by atoms with E-state index in [-0.39, 0.29) is 11.8 Å². The van der Waals surface area contributed by atoms with E-state index in [0.717, 1.165) is 5.69 Å². The van der Waals surface area contributed by atoms with Crippen molar-refractivity contribution in [3.05, 3.63) is 47.9 Å². The number of hydrogen-bond donors (Lipinski definition) is 3. The lowest BCUT2D eigenvalue weighted by Gasteiger charge is -2.11. The Morgan fingerprint density at radius 3 is 2.75 bits per heavy atom. The smallest absolute Gasteiger partial charge is 0.255 e. The van der Waals surface area contributed by atoms with Gasteiger partial charge in [-0.25, -0.2) is 10.8 Å². The van der Waals surface area contributed by atoms with Gasteiger partial charge in [0.1, 0.15) is 5.82 Å². The second kappa shape index (κ2) is 6.12. The lowest BCUT2D eigenvalue weighted by molar-refractivity contribution is 0.102. The molecular formula is C14H17N5O. The van der Waals surface area contributed by atoms with Gasteiger partial charge in [-0.3, -0.25) is 9.78 Å². The van der Waals surface area contributed by atoms with Gasteiger partial charge in [0.25, 0.3) is 5.91 Å². The molecule has 0 aromatic carbocycles. The average Bonchev–Trinajstić information content (AvgIpc) is 2.47. The van der Waals surface area contributed by atoms with Gasteiger partial charge < -0.3 is 10.7 Å². The highest BCUT2D eigenvalue weighted by atomic mass is 16.1. The fourth-order valence-corrected chi connectivity index (χ4v) is 1.69. The van der Waals surface area contributed by atoms with E-state index in [9.17, 15) is 4.79 Å². The van der Waals surface area contributed by atoms with Crippen LogP contribution >= 0.6 is 0 Å². The number of hydrogen-bond acceptors (Lipinski definition) is 5. The number of nitrogens with zero attached hydrogens (tertiary/aromatic N) is 2. The molecule has 0 bridgehead atoms. The zero-order chi connectivity index (χ0) is 14.5. The van der Waals surface area contributed by atoms with Crippen LogP contribution in [0.25, 0.3) is 0 Å². The molecule has 0 aliphatic rings. The first-order valence-electron chi connectivity index (χ1n) is 6.30. The van der Waals surface area contributed by atoms with Gasteiger partial charge in [0, 0.05) is 17.5 Å². The van der Waals surface area contributed by atoms with Crippen LogP contribution in [0.4, 0.5) is 11.5 Å². The Balaban J connectivity index is 2.27. The molecule has 0 radical (unpaired) electrons. The quantitative estimate of drug-likeness (QED) is 0.585. The highest BCUT2D eigenvalue weighted by Crippen LogP contribution is 2.18. The largest absolute Gasteiger partial charge is 0.321 e. The van der Waals surface area contributed by atoms with Crippen LogP contribution in [0.3, 0.4) is 0 Å². The van der Waals surface area contributed by atoms with Gasteiger partial charge in [0.05, 0.1) is 11.9 Å². The van der Waals surface area contributed by atoms with Crippen LogP contribution in [0.15, 0.2) is 36.7 Å². The number of hydrazine groups is 1. The van der Waals surface area contributed by atoms with Crippen molar-refractivity contribution in [1.82, 2.24) is 9.97 Å². The molecule has 104 valence electrons. The van der Waals surface area contributed by atoms with Crippen LogP contribution in [0.2, 0.25) is 0 Å². The number of aromatic nitrogens is 2. The second-order valence-electron chi connectivity index (χ2n) is 4.66. The average molecular weight is 271 g/mol. The summed E-state index contributed by atoms with van der Waals surface area (Å²) in [6.07, 6.45) is 3.24. The molecule has 0 fully saturated rings. The fourth-order valence-electron chi connectivity index (χ4n) is 1.69. The number of anilines is 2. The molecule has 2 aromatic heterocycles. The first-order chi connectivity index (χ1) is 9.60. The third-order valence-corrected chi connectivity index (χ3v) is 2.77. The van der Waals surface area contributed by atoms with Crippen LogP contribution in [0.5, 0.6) is 0 Å². The molecule has 4 N–H and O–H groups in total. The molecule has 0 saturated carbocycles. The minimum atomic E-state index is -0.223. The van der Waals surface area contributed by atoms with E-state index in [1.165, 1.54) is 0 Å². The van der Waals surface area contributed by atoms with Crippen LogP contribution < -0.4 is 16.6 Å². The van der Waals surface area contributed by atoms with E-state index >= 15 is 0 Å². The van der Waals surface area contributed by atoms with Crippen LogP contribution in [0, 0.1) is 0 Å². The summed E-state index contributed by atoms with van der Waals surface area (Å²) in [5.74, 6) is 5.83. The van der Waals surface area contributed by atoms with E-state index in [2.05, 4.69) is 20.7 Å². The molecular weight excluding hydrogens is 254 g/mol. The molecule has 0 spiro atoms. The van der Waals surface area contributed by atoms with Crippen LogP contribution in [-0.2, 0) is 0 Å². The predicted molar refractivity (Wildman–Crippen MR) is 78.3 cm³/mol. The van der Waals surface area contributed by atoms with Crippen molar-refractivity contribution < 1.29 is 4.79 Å². The zero-order valence-electron chi connectivity index (χ0n) is 11.4. The van der Waals surface area contributed by atoms with Crippen molar-refractivity contribution >= 4 is 17.4 Å². The molecule has 0 aliphatic carbocycles. The second-order valence-corrected chi connectivity index (χ2v) is 4.66. The number of amides is 1. The lowest BCUT2D eigenvalue weighted by Crippen LogP contribution is -2.16. The number of carbonyl (C=O) groups excluding carboxylic acids is 1. The maximum Gasteiger partial charge on any atom is 0.255 e. The third-order valence-electron chi connectivity index (χ3n) is 2.77. The number of nitrogens with two attached hydrogens (primary N) is 1. The van der Waals surface area contributed by atoms with E-state index in [1.807, 2.05) is 13.8 Å². The Kier molecular flexibility index (Phi) is 4.27. The molecule has 0 saturated heterocycles. The summed E-state index contributed by atoms with van der Waals surface area (Å²) >= 11 is 0. The van der Waals surface area contributed by atoms with Gasteiger partial charge in [-0.15, -0.1) is 0 Å². The topological polar surface area (TPSA) is 92.9 Å². The van der Waals surface area contributed by atoms with Gasteiger partial charge in [-0.1, -0.05) is 13.8 Å². The van der Waals surface area contributed by atoms with Crippen molar-refractivity contribution in [3.63, 3.8) is 0 Å². The molecule has 0 atom stereocenters. The van der Waals surface area contributed by atoms with Crippen molar-refractivity contribution in [3.8, 4) is 0 Å². The highest BCUT2D eigenvalue weighted by Gasteiger charge is 2.12. The van der Waals surface area contributed by atoms with Gasteiger partial charge in [0.2, 0.25) is 0 Å². The Hall–Kier alpha value is -2.47. The number of nitrogens with one attached hydrogen (secondary N) is 2. The normalized spacial score (nSPS) is 10.4. The van der Waals surface area contributed by atoms with Gasteiger partial charge in [0.15, 0.2) is 0 Å². The molecule has 2 heterocycles. The molecule has 0 aliphatic heterocycles. The zero-order valence-corrected chi connectivity index (χ0v) is 11.4. The maximum absolute atomic E-state index is 12.2. The number of rotatable bonds is 4.